The highest BCUT2D eigenvalue weighted by molar-refractivity contribution is 7.99. The van der Waals surface area contributed by atoms with Gasteiger partial charge in [-0.05, 0) is 42.5 Å². The fourth-order valence-corrected chi connectivity index (χ4v) is 3.35. The van der Waals surface area contributed by atoms with Crippen molar-refractivity contribution in [3.63, 3.8) is 0 Å². The van der Waals surface area contributed by atoms with Crippen molar-refractivity contribution >= 4 is 23.4 Å². The van der Waals surface area contributed by atoms with Crippen LogP contribution in [0.1, 0.15) is 18.4 Å². The predicted molar refractivity (Wildman–Crippen MR) is 75.3 cm³/mol. The number of hydrogen-bond acceptors (Lipinski definition) is 3. The first kappa shape index (κ1) is 14.9. The van der Waals surface area contributed by atoms with E-state index in [2.05, 4.69) is 10.1 Å². The second-order valence-corrected chi connectivity index (χ2v) is 6.06. The van der Waals surface area contributed by atoms with E-state index in [1.807, 2.05) is 11.8 Å². The van der Waals surface area contributed by atoms with Gasteiger partial charge in [-0.3, -0.25) is 0 Å². The van der Waals surface area contributed by atoms with Crippen molar-refractivity contribution in [2.45, 2.75) is 32.0 Å². The van der Waals surface area contributed by atoms with Gasteiger partial charge in [0.1, 0.15) is 5.75 Å². The average molecular weight is 308 g/mol. The lowest BCUT2D eigenvalue weighted by Gasteiger charge is -2.23. The SMILES string of the molecule is FC(F)Oc1ccc(Cl)cc1CNC1CCSCC1. The zero-order chi connectivity index (χ0) is 13.7. The van der Waals surface area contributed by atoms with E-state index in [1.54, 1.807) is 12.1 Å². The van der Waals surface area contributed by atoms with E-state index in [1.165, 1.54) is 6.07 Å². The van der Waals surface area contributed by atoms with Gasteiger partial charge in [-0.15, -0.1) is 0 Å². The van der Waals surface area contributed by atoms with E-state index in [0.717, 1.165) is 24.3 Å². The lowest BCUT2D eigenvalue weighted by molar-refractivity contribution is -0.0505. The number of rotatable bonds is 5. The Labute approximate surface area is 120 Å². The van der Waals surface area contributed by atoms with Gasteiger partial charge in [-0.25, -0.2) is 0 Å². The fourth-order valence-electron chi connectivity index (χ4n) is 2.05. The highest BCUT2D eigenvalue weighted by atomic mass is 35.5. The van der Waals surface area contributed by atoms with Gasteiger partial charge in [0.2, 0.25) is 0 Å². The first-order valence-corrected chi connectivity index (χ1v) is 7.73. The number of alkyl halides is 2. The summed E-state index contributed by atoms with van der Waals surface area (Å²) in [4.78, 5) is 0. The molecule has 0 bridgehead atoms. The lowest BCUT2D eigenvalue weighted by atomic mass is 10.1. The van der Waals surface area contributed by atoms with E-state index >= 15 is 0 Å². The van der Waals surface area contributed by atoms with Crippen LogP contribution >= 0.6 is 23.4 Å². The molecule has 1 aromatic rings. The molecule has 1 N–H and O–H groups in total. The summed E-state index contributed by atoms with van der Waals surface area (Å²) in [6.45, 7) is -2.32. The van der Waals surface area contributed by atoms with Crippen LogP contribution in [0.2, 0.25) is 5.02 Å². The summed E-state index contributed by atoms with van der Waals surface area (Å²) in [6.07, 6.45) is 2.21. The van der Waals surface area contributed by atoms with E-state index in [9.17, 15) is 8.78 Å². The molecule has 0 atom stereocenters. The molecule has 106 valence electrons. The van der Waals surface area contributed by atoms with Crippen LogP contribution in [0.5, 0.6) is 5.75 Å². The summed E-state index contributed by atoms with van der Waals surface area (Å²) >= 11 is 7.85. The quantitative estimate of drug-likeness (QED) is 0.890. The number of nitrogens with one attached hydrogen (secondary N) is 1. The third kappa shape index (κ3) is 4.82. The van der Waals surface area contributed by atoms with Gasteiger partial charge >= 0.3 is 6.61 Å². The van der Waals surface area contributed by atoms with Crippen molar-refractivity contribution in [1.82, 2.24) is 5.32 Å². The van der Waals surface area contributed by atoms with Gasteiger partial charge in [-0.2, -0.15) is 20.5 Å². The van der Waals surface area contributed by atoms with Gasteiger partial charge in [-0.1, -0.05) is 11.6 Å². The summed E-state index contributed by atoms with van der Waals surface area (Å²) in [5.74, 6) is 2.48. The number of ether oxygens (including phenoxy) is 1. The Hall–Kier alpha value is -0.520. The minimum Gasteiger partial charge on any atom is -0.434 e. The Morgan fingerprint density at radius 1 is 1.37 bits per heavy atom. The van der Waals surface area contributed by atoms with Crippen LogP contribution in [0.3, 0.4) is 0 Å². The average Bonchev–Trinajstić information content (AvgIpc) is 2.40. The van der Waals surface area contributed by atoms with Crippen molar-refractivity contribution < 1.29 is 13.5 Å². The molecule has 0 unspecified atom stereocenters. The van der Waals surface area contributed by atoms with Crippen LogP contribution in [0.4, 0.5) is 8.78 Å². The predicted octanol–water partition coefficient (Wildman–Crippen LogP) is 3.93. The Bertz CT molecular complexity index is 414. The molecule has 19 heavy (non-hydrogen) atoms. The lowest BCUT2D eigenvalue weighted by Crippen LogP contribution is -2.32. The highest BCUT2D eigenvalue weighted by Crippen LogP contribution is 2.25. The number of thioether (sulfide) groups is 1. The molecule has 2 nitrogen and oxygen atoms in total. The minimum atomic E-state index is -2.81. The van der Waals surface area contributed by atoms with Gasteiger partial charge in [0.15, 0.2) is 0 Å². The van der Waals surface area contributed by atoms with Crippen LogP contribution in [0.15, 0.2) is 18.2 Å². The first-order valence-electron chi connectivity index (χ1n) is 6.19. The van der Waals surface area contributed by atoms with Crippen molar-refractivity contribution in [3.8, 4) is 5.75 Å². The normalized spacial score (nSPS) is 16.8. The molecule has 0 saturated carbocycles. The molecule has 6 heteroatoms. The Morgan fingerprint density at radius 3 is 2.79 bits per heavy atom. The first-order chi connectivity index (χ1) is 9.15. The maximum Gasteiger partial charge on any atom is 0.387 e. The summed E-state index contributed by atoms with van der Waals surface area (Å²) in [6, 6.07) is 5.16. The smallest absolute Gasteiger partial charge is 0.387 e. The molecule has 0 aromatic heterocycles. The molecule has 0 aliphatic carbocycles. The number of halogens is 3. The molecule has 1 saturated heterocycles. The van der Waals surface area contributed by atoms with Gasteiger partial charge in [0.25, 0.3) is 0 Å². The molecule has 1 aliphatic heterocycles. The van der Waals surface area contributed by atoms with E-state index < -0.39 is 6.61 Å². The number of benzene rings is 1. The molecule has 0 amide bonds. The standard InChI is InChI=1S/C13H16ClF2NOS/c14-10-1-2-12(18-13(15)16)9(7-10)8-17-11-3-5-19-6-4-11/h1-2,7,11,13,17H,3-6,8H2. The molecule has 1 fully saturated rings. The maximum absolute atomic E-state index is 12.3. The van der Waals surface area contributed by atoms with Crippen molar-refractivity contribution in [2.75, 3.05) is 11.5 Å². The molecule has 0 spiro atoms. The fraction of sp³-hybridized carbons (Fsp3) is 0.538. The highest BCUT2D eigenvalue weighted by Gasteiger charge is 2.15. The molecule has 0 radical (unpaired) electrons. The molecule has 1 aromatic carbocycles. The summed E-state index contributed by atoms with van der Waals surface area (Å²) < 4.78 is 29.1. The molecular formula is C13H16ClF2NOS. The third-order valence-corrected chi connectivity index (χ3v) is 4.32. The monoisotopic (exact) mass is 307 g/mol. The maximum atomic E-state index is 12.3. The summed E-state index contributed by atoms with van der Waals surface area (Å²) in [5, 5.41) is 3.91. The molecule has 1 aliphatic rings. The topological polar surface area (TPSA) is 21.3 Å². The van der Waals surface area contributed by atoms with Crippen LogP contribution in [0.25, 0.3) is 0 Å². The number of hydrogen-bond donors (Lipinski definition) is 1. The Balaban J connectivity index is 1.98. The van der Waals surface area contributed by atoms with E-state index in [-0.39, 0.29) is 5.75 Å². The third-order valence-electron chi connectivity index (χ3n) is 3.04. The largest absolute Gasteiger partial charge is 0.434 e. The van der Waals surface area contributed by atoms with Crippen molar-refractivity contribution in [2.24, 2.45) is 0 Å². The van der Waals surface area contributed by atoms with Crippen LogP contribution in [0, 0.1) is 0 Å². The second kappa shape index (κ2) is 7.31. The van der Waals surface area contributed by atoms with Crippen molar-refractivity contribution in [3.05, 3.63) is 28.8 Å². The van der Waals surface area contributed by atoms with Crippen molar-refractivity contribution in [1.29, 1.82) is 0 Å². The molecule has 1 heterocycles. The molecular weight excluding hydrogens is 292 g/mol. The van der Waals surface area contributed by atoms with Crippen LogP contribution in [-0.4, -0.2) is 24.2 Å². The second-order valence-electron chi connectivity index (χ2n) is 4.40. The Morgan fingerprint density at radius 2 is 2.11 bits per heavy atom. The zero-order valence-electron chi connectivity index (χ0n) is 10.4. The van der Waals surface area contributed by atoms with Crippen LogP contribution in [-0.2, 0) is 6.54 Å². The van der Waals surface area contributed by atoms with Gasteiger partial charge in [0, 0.05) is 23.2 Å². The summed E-state index contributed by atoms with van der Waals surface area (Å²) in [5.41, 5.74) is 0.672. The summed E-state index contributed by atoms with van der Waals surface area (Å²) in [7, 11) is 0. The zero-order valence-corrected chi connectivity index (χ0v) is 11.9. The van der Waals surface area contributed by atoms with E-state index in [4.69, 9.17) is 11.6 Å². The molecule has 2 rings (SSSR count). The van der Waals surface area contributed by atoms with Gasteiger partial charge < -0.3 is 10.1 Å². The Kier molecular flexibility index (Phi) is 5.73. The van der Waals surface area contributed by atoms with Gasteiger partial charge in [0.05, 0.1) is 0 Å². The van der Waals surface area contributed by atoms with Crippen LogP contribution < -0.4 is 10.1 Å². The van der Waals surface area contributed by atoms with E-state index in [0.29, 0.717) is 23.2 Å². The minimum absolute atomic E-state index is 0.192.